The Morgan fingerprint density at radius 3 is 2.39 bits per heavy atom. The molecule has 0 aliphatic rings. The number of rotatable bonds is 4. The molecule has 98 valence electrons. The van der Waals surface area contributed by atoms with Crippen molar-refractivity contribution in [2.45, 2.75) is 18.2 Å². The molecule has 0 bridgehead atoms. The van der Waals surface area contributed by atoms with Crippen LogP contribution in [-0.4, -0.2) is 22.0 Å². The van der Waals surface area contributed by atoms with Crippen molar-refractivity contribution in [3.8, 4) is 0 Å². The third-order valence-corrected chi connectivity index (χ3v) is 3.16. The lowest BCUT2D eigenvalue weighted by Gasteiger charge is -2.23. The lowest BCUT2D eigenvalue weighted by molar-refractivity contribution is -0.140. The van der Waals surface area contributed by atoms with E-state index < -0.39 is 16.9 Å². The molecule has 0 saturated heterocycles. The zero-order chi connectivity index (χ0) is 13.8. The van der Waals surface area contributed by atoms with Gasteiger partial charge in [0.25, 0.3) is 0 Å². The summed E-state index contributed by atoms with van der Waals surface area (Å²) >= 11 is 9.64. The van der Waals surface area contributed by atoms with Crippen molar-refractivity contribution in [1.82, 2.24) is 5.32 Å². The Hall–Kier alpha value is -1.40. The van der Waals surface area contributed by atoms with Crippen molar-refractivity contribution in [1.29, 1.82) is 0 Å². The van der Waals surface area contributed by atoms with Crippen molar-refractivity contribution >= 4 is 41.9 Å². The van der Waals surface area contributed by atoms with E-state index in [9.17, 15) is 9.59 Å². The number of carbonyl (C=O) groups excluding carboxylic acids is 1. The van der Waals surface area contributed by atoms with Gasteiger partial charge in [-0.3, -0.25) is 0 Å². The van der Waals surface area contributed by atoms with Crippen LogP contribution in [0.4, 0.5) is 10.5 Å². The van der Waals surface area contributed by atoms with Gasteiger partial charge >= 0.3 is 12.0 Å². The Balaban J connectivity index is 2.66. The molecule has 0 heterocycles. The molecule has 1 unspecified atom stereocenters. The Kier molecular flexibility index (Phi) is 4.86. The number of thiol groups is 1. The molecule has 1 aromatic carbocycles. The van der Waals surface area contributed by atoms with Crippen LogP contribution in [-0.2, 0) is 4.79 Å². The van der Waals surface area contributed by atoms with E-state index in [1.807, 2.05) is 0 Å². The Morgan fingerprint density at radius 2 is 1.94 bits per heavy atom. The number of hydrogen-bond acceptors (Lipinski definition) is 3. The number of carboxylic acid groups (broad SMARTS) is 1. The van der Waals surface area contributed by atoms with Crippen molar-refractivity contribution in [2.24, 2.45) is 0 Å². The SMILES string of the molecule is CCC(S)(NC(=O)Nc1ccc(Cl)cc1)C(=O)O. The van der Waals surface area contributed by atoms with E-state index in [0.717, 1.165) is 0 Å². The third kappa shape index (κ3) is 3.82. The third-order valence-electron chi connectivity index (χ3n) is 2.29. The average Bonchev–Trinajstić information content (AvgIpc) is 2.31. The van der Waals surface area contributed by atoms with Gasteiger partial charge in [-0.15, -0.1) is 12.6 Å². The van der Waals surface area contributed by atoms with Crippen LogP contribution in [0.15, 0.2) is 24.3 Å². The van der Waals surface area contributed by atoms with E-state index in [1.54, 1.807) is 31.2 Å². The minimum atomic E-state index is -1.59. The molecule has 0 aliphatic heterocycles. The van der Waals surface area contributed by atoms with Gasteiger partial charge in [-0.05, 0) is 30.7 Å². The first-order valence-corrected chi connectivity index (χ1v) is 6.00. The smallest absolute Gasteiger partial charge is 0.339 e. The maximum absolute atomic E-state index is 11.6. The van der Waals surface area contributed by atoms with E-state index in [-0.39, 0.29) is 6.42 Å². The molecule has 7 heteroatoms. The van der Waals surface area contributed by atoms with Crippen LogP contribution in [0, 0.1) is 0 Å². The Morgan fingerprint density at radius 1 is 1.39 bits per heavy atom. The summed E-state index contributed by atoms with van der Waals surface area (Å²) in [6, 6.07) is 5.80. The molecule has 2 amide bonds. The first-order valence-electron chi connectivity index (χ1n) is 5.18. The van der Waals surface area contributed by atoms with Gasteiger partial charge in [0.1, 0.15) is 0 Å². The number of halogens is 1. The van der Waals surface area contributed by atoms with Crippen LogP contribution in [0.1, 0.15) is 13.3 Å². The summed E-state index contributed by atoms with van der Waals surface area (Å²) in [5.74, 6) is -1.21. The van der Waals surface area contributed by atoms with E-state index in [0.29, 0.717) is 10.7 Å². The summed E-state index contributed by atoms with van der Waals surface area (Å²) in [4.78, 5) is 21.0. The first kappa shape index (κ1) is 14.7. The summed E-state index contributed by atoms with van der Waals surface area (Å²) in [7, 11) is 0. The molecule has 18 heavy (non-hydrogen) atoms. The molecule has 0 aromatic heterocycles. The van der Waals surface area contributed by atoms with E-state index in [4.69, 9.17) is 16.7 Å². The molecule has 0 spiro atoms. The van der Waals surface area contributed by atoms with E-state index in [1.165, 1.54) is 0 Å². The summed E-state index contributed by atoms with van der Waals surface area (Å²) in [5.41, 5.74) is 0.508. The van der Waals surface area contributed by atoms with Gasteiger partial charge in [0.15, 0.2) is 4.87 Å². The highest BCUT2D eigenvalue weighted by molar-refractivity contribution is 7.82. The van der Waals surface area contributed by atoms with Gasteiger partial charge < -0.3 is 15.7 Å². The normalized spacial score (nSPS) is 13.5. The number of benzene rings is 1. The number of carboxylic acids is 1. The number of carbonyl (C=O) groups is 2. The molecule has 5 nitrogen and oxygen atoms in total. The van der Waals surface area contributed by atoms with Crippen LogP contribution in [0.2, 0.25) is 5.02 Å². The molecule has 1 rings (SSSR count). The number of aliphatic carboxylic acids is 1. The number of amides is 2. The highest BCUT2D eigenvalue weighted by atomic mass is 35.5. The Labute approximate surface area is 115 Å². The lowest BCUT2D eigenvalue weighted by atomic mass is 10.2. The largest absolute Gasteiger partial charge is 0.479 e. The van der Waals surface area contributed by atoms with Gasteiger partial charge in [0.2, 0.25) is 0 Å². The van der Waals surface area contributed by atoms with E-state index >= 15 is 0 Å². The van der Waals surface area contributed by atoms with Crippen LogP contribution >= 0.6 is 24.2 Å². The van der Waals surface area contributed by atoms with Crippen molar-refractivity contribution in [3.63, 3.8) is 0 Å². The number of urea groups is 1. The summed E-state index contributed by atoms with van der Waals surface area (Å²) in [5, 5.41) is 14.3. The van der Waals surface area contributed by atoms with Crippen molar-refractivity contribution in [2.75, 3.05) is 5.32 Å². The maximum Gasteiger partial charge on any atom is 0.339 e. The molecular formula is C11H13ClN2O3S. The molecule has 0 saturated carbocycles. The van der Waals surface area contributed by atoms with Crippen LogP contribution in [0.5, 0.6) is 0 Å². The summed E-state index contributed by atoms with van der Waals surface area (Å²) in [6.45, 7) is 1.61. The molecule has 0 aliphatic carbocycles. The lowest BCUT2D eigenvalue weighted by Crippen LogP contribution is -2.51. The standard InChI is InChI=1S/C11H13ClN2O3S/c1-2-11(18,9(15)16)14-10(17)13-8-5-3-7(12)4-6-8/h3-6,18H,2H2,1H3,(H,15,16)(H2,13,14,17). The summed E-state index contributed by atoms with van der Waals surface area (Å²) in [6.07, 6.45) is 0.152. The maximum atomic E-state index is 11.6. The molecule has 0 fully saturated rings. The van der Waals surface area contributed by atoms with Gasteiger partial charge in [-0.1, -0.05) is 18.5 Å². The predicted molar refractivity (Wildman–Crippen MR) is 73.3 cm³/mol. The first-order chi connectivity index (χ1) is 8.37. The predicted octanol–water partition coefficient (Wildman–Crippen LogP) is 2.58. The molecule has 1 aromatic rings. The molecule has 3 N–H and O–H groups in total. The van der Waals surface area contributed by atoms with Crippen LogP contribution in [0.3, 0.4) is 0 Å². The molecule has 0 radical (unpaired) electrons. The van der Waals surface area contributed by atoms with Gasteiger partial charge in [0, 0.05) is 10.7 Å². The van der Waals surface area contributed by atoms with Gasteiger partial charge in [-0.2, -0.15) is 0 Å². The minimum absolute atomic E-state index is 0.152. The second kappa shape index (κ2) is 5.97. The average molecular weight is 289 g/mol. The second-order valence-electron chi connectivity index (χ2n) is 3.60. The highest BCUT2D eigenvalue weighted by Gasteiger charge is 2.34. The van der Waals surface area contributed by atoms with Crippen molar-refractivity contribution < 1.29 is 14.7 Å². The number of nitrogens with one attached hydrogen (secondary N) is 2. The number of anilines is 1. The van der Waals surface area contributed by atoms with Gasteiger partial charge in [-0.25, -0.2) is 9.59 Å². The fourth-order valence-electron chi connectivity index (χ4n) is 1.18. The second-order valence-corrected chi connectivity index (χ2v) is 4.80. The molecule has 1 atom stereocenters. The van der Waals surface area contributed by atoms with Gasteiger partial charge in [0.05, 0.1) is 0 Å². The number of hydrogen-bond donors (Lipinski definition) is 4. The fraction of sp³-hybridized carbons (Fsp3) is 0.273. The monoisotopic (exact) mass is 288 g/mol. The topological polar surface area (TPSA) is 78.4 Å². The molecular weight excluding hydrogens is 276 g/mol. The quantitative estimate of drug-likeness (QED) is 0.508. The van der Waals surface area contributed by atoms with Crippen LogP contribution in [0.25, 0.3) is 0 Å². The minimum Gasteiger partial charge on any atom is -0.479 e. The highest BCUT2D eigenvalue weighted by Crippen LogP contribution is 2.17. The fourth-order valence-corrected chi connectivity index (χ4v) is 1.40. The summed E-state index contributed by atoms with van der Waals surface area (Å²) < 4.78 is 0. The van der Waals surface area contributed by atoms with E-state index in [2.05, 4.69) is 23.3 Å². The zero-order valence-electron chi connectivity index (χ0n) is 9.61. The zero-order valence-corrected chi connectivity index (χ0v) is 11.3. The Bertz CT molecular complexity index is 452. The van der Waals surface area contributed by atoms with Crippen LogP contribution < -0.4 is 10.6 Å². The van der Waals surface area contributed by atoms with Crippen molar-refractivity contribution in [3.05, 3.63) is 29.3 Å².